The van der Waals surface area contributed by atoms with E-state index in [1.807, 2.05) is 13.8 Å². The Morgan fingerprint density at radius 3 is 2.81 bits per heavy atom. The Kier molecular flexibility index (Phi) is 4.73. The average Bonchev–Trinajstić information content (AvgIpc) is 2.21. The first-order valence-corrected chi connectivity index (χ1v) is 5.75. The standard InChI is InChI=1S/C11H21N3O2/c1-8(2)12-6-10(15)13-9-4-5-11(16)14(3)7-9/h8-9,12H,4-7H2,1-3H3,(H,13,15). The summed E-state index contributed by atoms with van der Waals surface area (Å²) in [5.74, 6) is 0.159. The number of piperidine rings is 1. The van der Waals surface area contributed by atoms with Crippen LogP contribution >= 0.6 is 0 Å². The third-order valence-corrected chi connectivity index (χ3v) is 2.66. The normalized spacial score (nSPS) is 21.4. The van der Waals surface area contributed by atoms with Crippen LogP contribution < -0.4 is 10.6 Å². The molecule has 1 aliphatic heterocycles. The fourth-order valence-electron chi connectivity index (χ4n) is 1.71. The fourth-order valence-corrected chi connectivity index (χ4v) is 1.71. The summed E-state index contributed by atoms with van der Waals surface area (Å²) in [7, 11) is 1.77. The quantitative estimate of drug-likeness (QED) is 0.694. The number of carbonyl (C=O) groups is 2. The predicted molar refractivity (Wildman–Crippen MR) is 61.9 cm³/mol. The average molecular weight is 227 g/mol. The molecule has 0 aromatic heterocycles. The Labute approximate surface area is 96.6 Å². The summed E-state index contributed by atoms with van der Waals surface area (Å²) in [6, 6.07) is 0.408. The molecule has 2 amide bonds. The van der Waals surface area contributed by atoms with Crippen molar-refractivity contribution in [3.63, 3.8) is 0 Å². The molecule has 5 heteroatoms. The monoisotopic (exact) mass is 227 g/mol. The van der Waals surface area contributed by atoms with Crippen LogP contribution in [0.1, 0.15) is 26.7 Å². The highest BCUT2D eigenvalue weighted by atomic mass is 16.2. The van der Waals surface area contributed by atoms with Crippen molar-refractivity contribution in [3.8, 4) is 0 Å². The van der Waals surface area contributed by atoms with Crippen LogP contribution in [0.25, 0.3) is 0 Å². The first kappa shape index (κ1) is 13.0. The summed E-state index contributed by atoms with van der Waals surface area (Å²) in [5.41, 5.74) is 0. The zero-order chi connectivity index (χ0) is 12.1. The molecule has 1 unspecified atom stereocenters. The van der Waals surface area contributed by atoms with Gasteiger partial charge in [0.05, 0.1) is 6.54 Å². The van der Waals surface area contributed by atoms with E-state index in [1.54, 1.807) is 11.9 Å². The van der Waals surface area contributed by atoms with Crippen LogP contribution in [0, 0.1) is 0 Å². The van der Waals surface area contributed by atoms with Gasteiger partial charge in [0.1, 0.15) is 0 Å². The molecule has 0 aromatic carbocycles. The number of hydrogen-bond donors (Lipinski definition) is 2. The van der Waals surface area contributed by atoms with E-state index in [1.165, 1.54) is 0 Å². The molecular weight excluding hydrogens is 206 g/mol. The molecule has 0 aliphatic carbocycles. The van der Waals surface area contributed by atoms with E-state index < -0.39 is 0 Å². The van der Waals surface area contributed by atoms with Gasteiger partial charge < -0.3 is 15.5 Å². The zero-order valence-corrected chi connectivity index (χ0v) is 10.2. The van der Waals surface area contributed by atoms with Crippen LogP contribution in [-0.4, -0.2) is 48.9 Å². The highest BCUT2D eigenvalue weighted by Crippen LogP contribution is 2.09. The van der Waals surface area contributed by atoms with Crippen molar-refractivity contribution in [1.82, 2.24) is 15.5 Å². The van der Waals surface area contributed by atoms with Crippen molar-refractivity contribution in [2.75, 3.05) is 20.1 Å². The van der Waals surface area contributed by atoms with Crippen molar-refractivity contribution >= 4 is 11.8 Å². The summed E-state index contributed by atoms with van der Waals surface area (Å²) in [6.07, 6.45) is 1.27. The van der Waals surface area contributed by atoms with Gasteiger partial charge in [-0.25, -0.2) is 0 Å². The van der Waals surface area contributed by atoms with E-state index in [-0.39, 0.29) is 17.9 Å². The minimum atomic E-state index is 0.00134. The first-order valence-electron chi connectivity index (χ1n) is 5.75. The fraction of sp³-hybridized carbons (Fsp3) is 0.818. The maximum Gasteiger partial charge on any atom is 0.234 e. The van der Waals surface area contributed by atoms with Gasteiger partial charge in [-0.05, 0) is 6.42 Å². The van der Waals surface area contributed by atoms with E-state index in [0.29, 0.717) is 25.6 Å². The van der Waals surface area contributed by atoms with Crippen molar-refractivity contribution in [2.45, 2.75) is 38.8 Å². The van der Waals surface area contributed by atoms with Gasteiger partial charge in [-0.15, -0.1) is 0 Å². The third kappa shape index (κ3) is 4.18. The molecule has 1 aliphatic rings. The number of amides is 2. The number of carbonyl (C=O) groups excluding carboxylic acids is 2. The van der Waals surface area contributed by atoms with Crippen LogP contribution in [0.2, 0.25) is 0 Å². The summed E-state index contributed by atoms with van der Waals surface area (Å²) in [6.45, 7) is 4.96. The highest BCUT2D eigenvalue weighted by molar-refractivity contribution is 5.80. The lowest BCUT2D eigenvalue weighted by molar-refractivity contribution is -0.133. The second kappa shape index (κ2) is 5.84. The summed E-state index contributed by atoms with van der Waals surface area (Å²) >= 11 is 0. The molecule has 1 rings (SSSR count). The van der Waals surface area contributed by atoms with E-state index in [2.05, 4.69) is 10.6 Å². The molecule has 5 nitrogen and oxygen atoms in total. The predicted octanol–water partition coefficient (Wildman–Crippen LogP) is -0.279. The Morgan fingerprint density at radius 1 is 1.56 bits per heavy atom. The molecular formula is C11H21N3O2. The molecule has 0 bridgehead atoms. The molecule has 0 aromatic rings. The Bertz CT molecular complexity index is 266. The van der Waals surface area contributed by atoms with Gasteiger partial charge in [-0.1, -0.05) is 13.8 Å². The minimum Gasteiger partial charge on any atom is -0.350 e. The molecule has 0 saturated carbocycles. The molecule has 1 fully saturated rings. The Hall–Kier alpha value is -1.10. The minimum absolute atomic E-state index is 0.00134. The van der Waals surface area contributed by atoms with Gasteiger partial charge in [0, 0.05) is 32.1 Å². The van der Waals surface area contributed by atoms with Gasteiger partial charge >= 0.3 is 0 Å². The molecule has 0 spiro atoms. The Balaban J connectivity index is 2.26. The molecule has 0 radical (unpaired) electrons. The van der Waals surface area contributed by atoms with Crippen molar-refractivity contribution in [1.29, 1.82) is 0 Å². The van der Waals surface area contributed by atoms with Crippen LogP contribution in [-0.2, 0) is 9.59 Å². The van der Waals surface area contributed by atoms with Crippen molar-refractivity contribution < 1.29 is 9.59 Å². The van der Waals surface area contributed by atoms with Gasteiger partial charge in [-0.3, -0.25) is 9.59 Å². The van der Waals surface area contributed by atoms with Crippen LogP contribution in [0.3, 0.4) is 0 Å². The Morgan fingerprint density at radius 2 is 2.25 bits per heavy atom. The smallest absolute Gasteiger partial charge is 0.234 e. The molecule has 92 valence electrons. The van der Waals surface area contributed by atoms with E-state index in [9.17, 15) is 9.59 Å². The number of hydrogen-bond acceptors (Lipinski definition) is 3. The SMILES string of the molecule is CC(C)NCC(=O)NC1CCC(=O)N(C)C1. The number of nitrogens with zero attached hydrogens (tertiary/aromatic N) is 1. The number of rotatable bonds is 4. The summed E-state index contributed by atoms with van der Waals surface area (Å²) < 4.78 is 0. The van der Waals surface area contributed by atoms with Gasteiger partial charge in [0.15, 0.2) is 0 Å². The molecule has 1 atom stereocenters. The van der Waals surface area contributed by atoms with Crippen molar-refractivity contribution in [3.05, 3.63) is 0 Å². The van der Waals surface area contributed by atoms with E-state index >= 15 is 0 Å². The summed E-state index contributed by atoms with van der Waals surface area (Å²) in [4.78, 5) is 24.4. The first-order chi connectivity index (χ1) is 7.49. The second-order valence-electron chi connectivity index (χ2n) is 4.61. The van der Waals surface area contributed by atoms with Crippen molar-refractivity contribution in [2.24, 2.45) is 0 Å². The van der Waals surface area contributed by atoms with Gasteiger partial charge in [0.2, 0.25) is 11.8 Å². The number of nitrogens with one attached hydrogen (secondary N) is 2. The lowest BCUT2D eigenvalue weighted by Gasteiger charge is -2.30. The second-order valence-corrected chi connectivity index (χ2v) is 4.61. The number of likely N-dealkylation sites (tertiary alicyclic amines) is 1. The zero-order valence-electron chi connectivity index (χ0n) is 10.2. The summed E-state index contributed by atoms with van der Waals surface area (Å²) in [5, 5.41) is 5.99. The topological polar surface area (TPSA) is 61.4 Å². The van der Waals surface area contributed by atoms with Crippen LogP contribution in [0.4, 0.5) is 0 Å². The number of likely N-dealkylation sites (N-methyl/N-ethyl adjacent to an activating group) is 1. The van der Waals surface area contributed by atoms with Gasteiger partial charge in [0.25, 0.3) is 0 Å². The molecule has 16 heavy (non-hydrogen) atoms. The maximum atomic E-state index is 11.5. The van der Waals surface area contributed by atoms with E-state index in [4.69, 9.17) is 0 Å². The van der Waals surface area contributed by atoms with Crippen LogP contribution in [0.5, 0.6) is 0 Å². The molecule has 1 heterocycles. The lowest BCUT2D eigenvalue weighted by Crippen LogP contribution is -2.50. The largest absolute Gasteiger partial charge is 0.350 e. The van der Waals surface area contributed by atoms with Gasteiger partial charge in [-0.2, -0.15) is 0 Å². The lowest BCUT2D eigenvalue weighted by atomic mass is 10.1. The third-order valence-electron chi connectivity index (χ3n) is 2.66. The maximum absolute atomic E-state index is 11.5. The molecule has 2 N–H and O–H groups in total. The van der Waals surface area contributed by atoms with Crippen LogP contribution in [0.15, 0.2) is 0 Å². The van der Waals surface area contributed by atoms with E-state index in [0.717, 1.165) is 6.42 Å². The molecule has 1 saturated heterocycles. The highest BCUT2D eigenvalue weighted by Gasteiger charge is 2.23.